The number of fused-ring (bicyclic) bond motifs is 1. The molecule has 1 aliphatic rings. The van der Waals surface area contributed by atoms with Gasteiger partial charge in [0.05, 0.1) is 23.6 Å². The summed E-state index contributed by atoms with van der Waals surface area (Å²) in [6.45, 7) is 3.60. The van der Waals surface area contributed by atoms with Crippen molar-refractivity contribution >= 4 is 35.0 Å². The van der Waals surface area contributed by atoms with Gasteiger partial charge >= 0.3 is 0 Å². The molecule has 2 N–H and O–H groups in total. The number of carbonyl (C=O) groups excluding carboxylic acids is 2. The Kier molecular flexibility index (Phi) is 3.89. The van der Waals surface area contributed by atoms with Gasteiger partial charge in [-0.25, -0.2) is 0 Å². The van der Waals surface area contributed by atoms with E-state index in [0.717, 1.165) is 21.8 Å². The van der Waals surface area contributed by atoms with Gasteiger partial charge in [0.1, 0.15) is 5.76 Å². The number of thioether (sulfide) groups is 1. The standard InChI is InChI=1S/C15H15N3O3S/c1-8-11(9(2)21-18-8)6-14(19)16-10-3-4-13-12(5-10)17-15(20)7-22-13/h3-5H,6-7H2,1-2H3,(H,16,19)(H,17,20). The molecule has 1 aliphatic heterocycles. The van der Waals surface area contributed by atoms with E-state index in [1.165, 1.54) is 11.8 Å². The SMILES string of the molecule is Cc1noc(C)c1CC(=O)Nc1ccc2c(c1)NC(=O)CS2. The van der Waals surface area contributed by atoms with Crippen LogP contribution in [-0.2, 0) is 16.0 Å². The second-order valence-corrected chi connectivity index (χ2v) is 6.09. The minimum Gasteiger partial charge on any atom is -0.361 e. The van der Waals surface area contributed by atoms with Gasteiger partial charge in [-0.1, -0.05) is 5.16 Å². The van der Waals surface area contributed by atoms with E-state index >= 15 is 0 Å². The number of amides is 2. The second-order valence-electron chi connectivity index (χ2n) is 5.08. The van der Waals surface area contributed by atoms with Crippen LogP contribution in [0.1, 0.15) is 17.0 Å². The van der Waals surface area contributed by atoms with Crippen LogP contribution in [0, 0.1) is 13.8 Å². The van der Waals surface area contributed by atoms with Crippen molar-refractivity contribution in [1.29, 1.82) is 0 Å². The summed E-state index contributed by atoms with van der Waals surface area (Å²) in [6.07, 6.45) is 0.208. The van der Waals surface area contributed by atoms with Gasteiger partial charge in [0.25, 0.3) is 0 Å². The molecular weight excluding hydrogens is 302 g/mol. The van der Waals surface area contributed by atoms with Crippen molar-refractivity contribution in [3.8, 4) is 0 Å². The molecule has 114 valence electrons. The molecular formula is C15H15N3O3S. The first kappa shape index (κ1) is 14.6. The summed E-state index contributed by atoms with van der Waals surface area (Å²) in [7, 11) is 0. The molecule has 0 bridgehead atoms. The lowest BCUT2D eigenvalue weighted by Gasteiger charge is -2.17. The number of aryl methyl sites for hydroxylation is 2. The molecule has 0 spiro atoms. The molecule has 0 saturated heterocycles. The summed E-state index contributed by atoms with van der Waals surface area (Å²) in [5.74, 6) is 0.896. The van der Waals surface area contributed by atoms with Crippen LogP contribution in [0.5, 0.6) is 0 Å². The topological polar surface area (TPSA) is 84.2 Å². The quantitative estimate of drug-likeness (QED) is 0.908. The highest BCUT2D eigenvalue weighted by Crippen LogP contribution is 2.33. The summed E-state index contributed by atoms with van der Waals surface area (Å²) in [4.78, 5) is 24.6. The summed E-state index contributed by atoms with van der Waals surface area (Å²) >= 11 is 1.49. The van der Waals surface area contributed by atoms with Crippen molar-refractivity contribution < 1.29 is 14.1 Å². The zero-order valence-corrected chi connectivity index (χ0v) is 13.0. The Balaban J connectivity index is 1.72. The number of carbonyl (C=O) groups is 2. The van der Waals surface area contributed by atoms with E-state index in [9.17, 15) is 9.59 Å². The average Bonchev–Trinajstić information content (AvgIpc) is 2.78. The van der Waals surface area contributed by atoms with E-state index in [-0.39, 0.29) is 18.2 Å². The van der Waals surface area contributed by atoms with Crippen molar-refractivity contribution in [3.63, 3.8) is 0 Å². The maximum Gasteiger partial charge on any atom is 0.234 e. The molecule has 2 amide bonds. The number of benzene rings is 1. The molecule has 2 aromatic rings. The average molecular weight is 317 g/mol. The van der Waals surface area contributed by atoms with Gasteiger partial charge in [-0.15, -0.1) is 11.8 Å². The number of anilines is 2. The zero-order valence-electron chi connectivity index (χ0n) is 12.2. The third-order valence-corrected chi connectivity index (χ3v) is 4.49. The van der Waals surface area contributed by atoms with Gasteiger partial charge in [-0.05, 0) is 32.0 Å². The second kappa shape index (κ2) is 5.84. The molecule has 3 rings (SSSR count). The highest BCUT2D eigenvalue weighted by molar-refractivity contribution is 8.00. The van der Waals surface area contributed by atoms with Gasteiger partial charge in [0.2, 0.25) is 11.8 Å². The van der Waals surface area contributed by atoms with Crippen LogP contribution < -0.4 is 10.6 Å². The van der Waals surface area contributed by atoms with Gasteiger partial charge in [-0.3, -0.25) is 9.59 Å². The number of rotatable bonds is 3. The predicted molar refractivity (Wildman–Crippen MR) is 84.1 cm³/mol. The van der Waals surface area contributed by atoms with Crippen LogP contribution in [0.15, 0.2) is 27.6 Å². The first-order valence-electron chi connectivity index (χ1n) is 6.81. The smallest absolute Gasteiger partial charge is 0.234 e. The molecule has 22 heavy (non-hydrogen) atoms. The van der Waals surface area contributed by atoms with E-state index in [0.29, 0.717) is 17.2 Å². The summed E-state index contributed by atoms with van der Waals surface area (Å²) in [6, 6.07) is 5.49. The number of hydrogen-bond acceptors (Lipinski definition) is 5. The summed E-state index contributed by atoms with van der Waals surface area (Å²) in [5, 5.41) is 9.47. The summed E-state index contributed by atoms with van der Waals surface area (Å²) < 4.78 is 5.05. The molecule has 1 aromatic carbocycles. The Labute approximate surface area is 131 Å². The minimum atomic E-state index is -0.149. The Hall–Kier alpha value is -2.28. The highest BCUT2D eigenvalue weighted by Gasteiger charge is 2.17. The molecule has 0 unspecified atom stereocenters. The number of nitrogens with one attached hydrogen (secondary N) is 2. The van der Waals surface area contributed by atoms with E-state index in [1.807, 2.05) is 19.1 Å². The third-order valence-electron chi connectivity index (χ3n) is 3.41. The lowest BCUT2D eigenvalue weighted by atomic mass is 10.1. The predicted octanol–water partition coefficient (Wildman–Crippen LogP) is 2.52. The molecule has 0 fully saturated rings. The number of aromatic nitrogens is 1. The molecule has 2 heterocycles. The van der Waals surface area contributed by atoms with Crippen molar-refractivity contribution in [3.05, 3.63) is 35.2 Å². The molecule has 1 aromatic heterocycles. The fraction of sp³-hybridized carbons (Fsp3) is 0.267. The third kappa shape index (κ3) is 2.99. The minimum absolute atomic E-state index is 0.0308. The van der Waals surface area contributed by atoms with Crippen LogP contribution in [0.25, 0.3) is 0 Å². The molecule has 0 radical (unpaired) electrons. The van der Waals surface area contributed by atoms with E-state index in [4.69, 9.17) is 4.52 Å². The monoisotopic (exact) mass is 317 g/mol. The fourth-order valence-electron chi connectivity index (χ4n) is 2.28. The van der Waals surface area contributed by atoms with Crippen LogP contribution in [0.4, 0.5) is 11.4 Å². The zero-order chi connectivity index (χ0) is 15.7. The van der Waals surface area contributed by atoms with E-state index in [1.54, 1.807) is 13.0 Å². The van der Waals surface area contributed by atoms with Crippen LogP contribution >= 0.6 is 11.8 Å². The Morgan fingerprint density at radius 2 is 2.27 bits per heavy atom. The van der Waals surface area contributed by atoms with Crippen LogP contribution in [0.3, 0.4) is 0 Å². The van der Waals surface area contributed by atoms with Crippen molar-refractivity contribution in [2.24, 2.45) is 0 Å². The fourth-order valence-corrected chi connectivity index (χ4v) is 3.07. The lowest BCUT2D eigenvalue weighted by Crippen LogP contribution is -2.19. The van der Waals surface area contributed by atoms with Crippen molar-refractivity contribution in [2.45, 2.75) is 25.2 Å². The maximum atomic E-state index is 12.1. The van der Waals surface area contributed by atoms with Gasteiger partial charge in [0.15, 0.2) is 0 Å². The van der Waals surface area contributed by atoms with E-state index < -0.39 is 0 Å². The molecule has 0 saturated carbocycles. The Bertz CT molecular complexity index is 735. The Morgan fingerprint density at radius 3 is 3.00 bits per heavy atom. The molecule has 0 aliphatic carbocycles. The first-order chi connectivity index (χ1) is 10.5. The summed E-state index contributed by atoms with van der Waals surface area (Å²) in [5.41, 5.74) is 2.91. The normalized spacial score (nSPS) is 13.5. The maximum absolute atomic E-state index is 12.1. The highest BCUT2D eigenvalue weighted by atomic mass is 32.2. The van der Waals surface area contributed by atoms with E-state index in [2.05, 4.69) is 15.8 Å². The van der Waals surface area contributed by atoms with Gasteiger partial charge in [-0.2, -0.15) is 0 Å². The van der Waals surface area contributed by atoms with Crippen molar-refractivity contribution in [2.75, 3.05) is 16.4 Å². The van der Waals surface area contributed by atoms with Crippen molar-refractivity contribution in [1.82, 2.24) is 5.16 Å². The number of hydrogen-bond donors (Lipinski definition) is 2. The molecule has 7 heteroatoms. The van der Waals surface area contributed by atoms with Gasteiger partial charge < -0.3 is 15.2 Å². The number of nitrogens with zero attached hydrogens (tertiary/aromatic N) is 1. The van der Waals surface area contributed by atoms with Crippen LogP contribution in [0.2, 0.25) is 0 Å². The van der Waals surface area contributed by atoms with Gasteiger partial charge in [0, 0.05) is 16.1 Å². The molecule has 6 nitrogen and oxygen atoms in total. The first-order valence-corrected chi connectivity index (χ1v) is 7.80. The van der Waals surface area contributed by atoms with Crippen LogP contribution in [-0.4, -0.2) is 22.7 Å². The lowest BCUT2D eigenvalue weighted by molar-refractivity contribution is -0.115. The Morgan fingerprint density at radius 1 is 1.45 bits per heavy atom. The molecule has 0 atom stereocenters. The largest absolute Gasteiger partial charge is 0.361 e.